The molecule has 4 rings (SSSR count). The van der Waals surface area contributed by atoms with Gasteiger partial charge in [-0.3, -0.25) is 0 Å². The van der Waals surface area contributed by atoms with Crippen molar-refractivity contribution in [3.05, 3.63) is 102 Å². The van der Waals surface area contributed by atoms with Gasteiger partial charge in [-0.25, -0.2) is 0 Å². The Morgan fingerprint density at radius 3 is 0.970 bits per heavy atom. The van der Waals surface area contributed by atoms with Gasteiger partial charge in [0.25, 0.3) is 0 Å². The molecule has 0 amide bonds. The largest absolute Gasteiger partial charge is 0.135 e. The van der Waals surface area contributed by atoms with Crippen LogP contribution >= 0.6 is 34.0 Å². The van der Waals surface area contributed by atoms with Gasteiger partial charge in [-0.05, 0) is 106 Å². The van der Waals surface area contributed by atoms with Crippen LogP contribution in [0.4, 0.5) is 0 Å². The van der Waals surface area contributed by atoms with Gasteiger partial charge in [0, 0.05) is 16.7 Å². The molecule has 0 aliphatic carbocycles. The first-order valence-electron chi connectivity index (χ1n) is 9.67. The van der Waals surface area contributed by atoms with Crippen LogP contribution in [0.15, 0.2) is 70.7 Å². The monoisotopic (exact) mass is 468 g/mol. The molecule has 0 aliphatic heterocycles. The molecule has 150 valence electrons. The molecule has 4 aromatic rings. The second kappa shape index (κ2) is 11.9. The summed E-state index contributed by atoms with van der Waals surface area (Å²) in [5.74, 6) is 35.8. The lowest BCUT2D eigenvalue weighted by molar-refractivity contribution is 1.56. The predicted octanol–water partition coefficient (Wildman–Crippen LogP) is 6.08. The van der Waals surface area contributed by atoms with E-state index in [1.807, 2.05) is 70.7 Å². The topological polar surface area (TPSA) is 0 Å². The number of hydrogen-bond donors (Lipinski definition) is 0. The Labute approximate surface area is 206 Å². The van der Waals surface area contributed by atoms with Crippen LogP contribution in [0.25, 0.3) is 0 Å². The van der Waals surface area contributed by atoms with Crippen LogP contribution in [0.3, 0.4) is 0 Å². The van der Waals surface area contributed by atoms with Crippen molar-refractivity contribution in [3.8, 4) is 71.0 Å². The van der Waals surface area contributed by atoms with Crippen LogP contribution in [0, 0.1) is 71.0 Å². The van der Waals surface area contributed by atoms with Crippen LogP contribution in [0.1, 0.15) is 31.3 Å². The van der Waals surface area contributed by atoms with Gasteiger partial charge in [0.15, 0.2) is 0 Å². The van der Waals surface area contributed by atoms with E-state index in [1.165, 1.54) is 0 Å². The molecule has 3 heteroatoms. The Balaban J connectivity index is 1.60. The fourth-order valence-corrected chi connectivity index (χ4v) is 4.19. The van der Waals surface area contributed by atoms with E-state index in [1.54, 1.807) is 34.0 Å². The third-order valence-electron chi connectivity index (χ3n) is 3.86. The summed E-state index contributed by atoms with van der Waals surface area (Å²) in [4.78, 5) is 2.97. The molecule has 3 heterocycles. The highest BCUT2D eigenvalue weighted by Gasteiger charge is 1.96. The molecule has 3 aromatic heterocycles. The Hall–Kier alpha value is -4.32. The lowest BCUT2D eigenvalue weighted by Crippen LogP contribution is -1.84. The molecule has 33 heavy (non-hydrogen) atoms. The van der Waals surface area contributed by atoms with Crippen LogP contribution in [0.5, 0.6) is 0 Å². The Kier molecular flexibility index (Phi) is 7.90. The number of hydrogen-bond acceptors (Lipinski definition) is 3. The zero-order valence-electron chi connectivity index (χ0n) is 17.2. The molecule has 0 saturated carbocycles. The maximum absolute atomic E-state index is 3.09. The van der Waals surface area contributed by atoms with Crippen molar-refractivity contribution < 1.29 is 0 Å². The van der Waals surface area contributed by atoms with E-state index in [-0.39, 0.29) is 0 Å². The fraction of sp³-hybridized carbons (Fsp3) is 0. The predicted molar refractivity (Wildman–Crippen MR) is 141 cm³/mol. The molecule has 0 atom stereocenters. The SMILES string of the molecule is C(C#Cc1cccs1)#Cc1cc(C#CC#Cc2cccs2)cc(C#CC#Cc2cccs2)c1. The number of rotatable bonds is 0. The average Bonchev–Trinajstić information content (AvgIpc) is 3.61. The average molecular weight is 469 g/mol. The highest BCUT2D eigenvalue weighted by molar-refractivity contribution is 7.11. The van der Waals surface area contributed by atoms with Gasteiger partial charge in [-0.2, -0.15) is 0 Å². The molecule has 0 saturated heterocycles. The van der Waals surface area contributed by atoms with Gasteiger partial charge in [0.2, 0.25) is 0 Å². The normalized spacial score (nSPS) is 8.36. The van der Waals surface area contributed by atoms with Crippen LogP contribution < -0.4 is 0 Å². The minimum atomic E-state index is 0.795. The van der Waals surface area contributed by atoms with Crippen molar-refractivity contribution in [1.29, 1.82) is 0 Å². The first-order valence-corrected chi connectivity index (χ1v) is 12.3. The van der Waals surface area contributed by atoms with E-state index in [4.69, 9.17) is 0 Å². The molecule has 0 nitrogen and oxygen atoms in total. The van der Waals surface area contributed by atoms with Crippen molar-refractivity contribution >= 4 is 34.0 Å². The molecule has 0 unspecified atom stereocenters. The summed E-state index contributed by atoms with van der Waals surface area (Å²) in [6, 6.07) is 17.6. The summed E-state index contributed by atoms with van der Waals surface area (Å²) in [5.41, 5.74) is 2.39. The van der Waals surface area contributed by atoms with Crippen molar-refractivity contribution in [2.75, 3.05) is 0 Å². The van der Waals surface area contributed by atoms with Crippen LogP contribution in [0.2, 0.25) is 0 Å². The number of benzene rings is 1. The van der Waals surface area contributed by atoms with E-state index < -0.39 is 0 Å². The van der Waals surface area contributed by atoms with E-state index in [2.05, 4.69) is 71.0 Å². The maximum atomic E-state index is 3.09. The van der Waals surface area contributed by atoms with E-state index in [9.17, 15) is 0 Å². The highest BCUT2D eigenvalue weighted by Crippen LogP contribution is 2.09. The molecular weight excluding hydrogens is 457 g/mol. The van der Waals surface area contributed by atoms with Crippen molar-refractivity contribution in [3.63, 3.8) is 0 Å². The Bertz CT molecular complexity index is 1400. The Morgan fingerprint density at radius 1 is 0.394 bits per heavy atom. The van der Waals surface area contributed by atoms with Gasteiger partial charge in [-0.1, -0.05) is 36.0 Å². The summed E-state index contributed by atoms with van der Waals surface area (Å²) in [6.45, 7) is 0. The van der Waals surface area contributed by atoms with Crippen molar-refractivity contribution in [1.82, 2.24) is 0 Å². The van der Waals surface area contributed by atoms with E-state index in [0.717, 1.165) is 31.3 Å². The molecule has 0 bridgehead atoms. The Morgan fingerprint density at radius 2 is 0.697 bits per heavy atom. The lowest BCUT2D eigenvalue weighted by atomic mass is 10.1. The fourth-order valence-electron chi connectivity index (χ4n) is 2.48. The van der Waals surface area contributed by atoms with Gasteiger partial charge in [0.05, 0.1) is 14.6 Å². The quantitative estimate of drug-likeness (QED) is 0.274. The van der Waals surface area contributed by atoms with Crippen molar-refractivity contribution in [2.45, 2.75) is 0 Å². The first-order chi connectivity index (χ1) is 16.3. The minimum absolute atomic E-state index is 0.795. The second-order valence-electron chi connectivity index (χ2n) is 6.23. The molecule has 1 aromatic carbocycles. The lowest BCUT2D eigenvalue weighted by Gasteiger charge is -1.96. The molecule has 0 N–H and O–H groups in total. The minimum Gasteiger partial charge on any atom is -0.135 e. The van der Waals surface area contributed by atoms with Gasteiger partial charge in [0.1, 0.15) is 0 Å². The summed E-state index contributed by atoms with van der Waals surface area (Å²) in [5, 5.41) is 5.98. The second-order valence-corrected chi connectivity index (χ2v) is 9.07. The highest BCUT2D eigenvalue weighted by atomic mass is 32.1. The third-order valence-corrected chi connectivity index (χ3v) is 6.22. The summed E-state index contributed by atoms with van der Waals surface area (Å²) < 4.78 is 0. The first kappa shape index (κ1) is 21.9. The molecular formula is C30H12S3. The van der Waals surface area contributed by atoms with Crippen molar-refractivity contribution in [2.24, 2.45) is 0 Å². The molecule has 0 fully saturated rings. The zero-order valence-corrected chi connectivity index (χ0v) is 19.6. The zero-order chi connectivity index (χ0) is 22.6. The smallest absolute Gasteiger partial charge is 0.0778 e. The van der Waals surface area contributed by atoms with Crippen LogP contribution in [-0.4, -0.2) is 0 Å². The molecule has 0 aliphatic rings. The number of thiophene rings is 3. The van der Waals surface area contributed by atoms with Crippen LogP contribution in [-0.2, 0) is 0 Å². The molecule has 0 spiro atoms. The van der Waals surface area contributed by atoms with Gasteiger partial charge < -0.3 is 0 Å². The summed E-state index contributed by atoms with van der Waals surface area (Å²) in [7, 11) is 0. The van der Waals surface area contributed by atoms with Gasteiger partial charge >= 0.3 is 0 Å². The standard InChI is InChI=1S/C30H12S3/c1(4-13-28-16-7-19-31-28)10-25-22-26(11-2-5-14-29-17-8-20-32-29)24-27(23-25)12-3-6-15-30-18-9-21-33-30/h7-9,16-24H. The summed E-state index contributed by atoms with van der Waals surface area (Å²) in [6.07, 6.45) is 0. The summed E-state index contributed by atoms with van der Waals surface area (Å²) >= 11 is 4.78. The maximum Gasteiger partial charge on any atom is 0.0778 e. The van der Waals surface area contributed by atoms with Gasteiger partial charge in [-0.15, -0.1) is 34.0 Å². The third kappa shape index (κ3) is 7.40. The molecule has 0 radical (unpaired) electrons. The van der Waals surface area contributed by atoms with E-state index in [0.29, 0.717) is 0 Å². The van der Waals surface area contributed by atoms with E-state index >= 15 is 0 Å².